The van der Waals surface area contributed by atoms with Crippen molar-refractivity contribution in [3.63, 3.8) is 0 Å². The number of carbonyl (C=O) groups excluding carboxylic acids is 1. The summed E-state index contributed by atoms with van der Waals surface area (Å²) in [5, 5.41) is 3.70. The molecule has 1 spiro atoms. The van der Waals surface area contributed by atoms with Crippen LogP contribution in [0.4, 0.5) is 5.69 Å². The third kappa shape index (κ3) is 2.78. The quantitative estimate of drug-likeness (QED) is 0.469. The summed E-state index contributed by atoms with van der Waals surface area (Å²) >= 11 is 0. The molecule has 1 unspecified atom stereocenters. The molecule has 2 aliphatic heterocycles. The lowest BCUT2D eigenvalue weighted by molar-refractivity contribution is 0.0222. The molecule has 1 aliphatic carbocycles. The number of aryl methyl sites for hydroxylation is 2. The molecular formula is C28H27NO3. The van der Waals surface area contributed by atoms with Crippen molar-refractivity contribution in [2.24, 2.45) is 0 Å². The number of benzene rings is 3. The van der Waals surface area contributed by atoms with E-state index in [4.69, 9.17) is 9.47 Å². The number of hydrogen-bond donors (Lipinski definition) is 1. The largest absolute Gasteiger partial charge is 0.456 e. The van der Waals surface area contributed by atoms with Gasteiger partial charge < -0.3 is 14.8 Å². The first kappa shape index (κ1) is 19.4. The second-order valence-corrected chi connectivity index (χ2v) is 9.36. The zero-order chi connectivity index (χ0) is 21.9. The standard InChI is InChI=1S/C28H27NO3/c1-17-14-18(2)26-25(15-17)31-24-16-20(29-19-8-4-3-5-9-19)12-13-23(24)28(26)22-11-7-6-10-21(22)27(30)32-28/h6-7,10-16,19,29H,3-5,8-9H2,1-2H3. The molecule has 3 aromatic rings. The van der Waals surface area contributed by atoms with Gasteiger partial charge in [-0.1, -0.05) is 43.5 Å². The van der Waals surface area contributed by atoms with Gasteiger partial charge in [-0.25, -0.2) is 4.79 Å². The Bertz CT molecular complexity index is 1240. The summed E-state index contributed by atoms with van der Waals surface area (Å²) in [4.78, 5) is 13.0. The van der Waals surface area contributed by atoms with Crippen LogP contribution in [0.15, 0.2) is 54.6 Å². The maximum atomic E-state index is 13.0. The highest BCUT2D eigenvalue weighted by Crippen LogP contribution is 2.57. The lowest BCUT2D eigenvalue weighted by Crippen LogP contribution is -2.34. The molecule has 2 heterocycles. The van der Waals surface area contributed by atoms with Gasteiger partial charge in [0.15, 0.2) is 5.60 Å². The minimum Gasteiger partial charge on any atom is -0.456 e. The monoisotopic (exact) mass is 425 g/mol. The molecule has 4 nitrogen and oxygen atoms in total. The second-order valence-electron chi connectivity index (χ2n) is 9.36. The second kappa shape index (κ2) is 7.13. The first-order valence-corrected chi connectivity index (χ1v) is 11.6. The Morgan fingerprint density at radius 1 is 0.906 bits per heavy atom. The van der Waals surface area contributed by atoms with Gasteiger partial charge >= 0.3 is 5.97 Å². The van der Waals surface area contributed by atoms with Gasteiger partial charge in [0.2, 0.25) is 0 Å². The van der Waals surface area contributed by atoms with Crippen molar-refractivity contribution in [1.29, 1.82) is 0 Å². The van der Waals surface area contributed by atoms with Crippen LogP contribution in [0.2, 0.25) is 0 Å². The van der Waals surface area contributed by atoms with Gasteiger partial charge in [-0.2, -0.15) is 0 Å². The van der Waals surface area contributed by atoms with Crippen LogP contribution in [0.1, 0.15) is 70.3 Å². The van der Waals surface area contributed by atoms with Crippen molar-refractivity contribution >= 4 is 11.7 Å². The van der Waals surface area contributed by atoms with Crippen LogP contribution < -0.4 is 10.1 Å². The van der Waals surface area contributed by atoms with Crippen molar-refractivity contribution in [3.05, 3.63) is 88.0 Å². The van der Waals surface area contributed by atoms with Crippen molar-refractivity contribution in [2.45, 2.75) is 57.6 Å². The molecule has 32 heavy (non-hydrogen) atoms. The normalized spacial score (nSPS) is 21.4. The molecule has 1 atom stereocenters. The summed E-state index contributed by atoms with van der Waals surface area (Å²) in [6.45, 7) is 4.13. The zero-order valence-corrected chi connectivity index (χ0v) is 18.5. The molecule has 162 valence electrons. The van der Waals surface area contributed by atoms with E-state index in [1.807, 2.05) is 30.3 Å². The highest BCUT2D eigenvalue weighted by Gasteiger charge is 2.54. The van der Waals surface area contributed by atoms with Gasteiger partial charge in [-0.05, 0) is 62.1 Å². The smallest absolute Gasteiger partial charge is 0.340 e. The summed E-state index contributed by atoms with van der Waals surface area (Å²) in [5.41, 5.74) is 5.54. The van der Waals surface area contributed by atoms with Crippen molar-refractivity contribution in [2.75, 3.05) is 5.32 Å². The minimum absolute atomic E-state index is 0.288. The molecule has 1 fully saturated rings. The number of ether oxygens (including phenoxy) is 2. The number of carbonyl (C=O) groups is 1. The van der Waals surface area contributed by atoms with Crippen LogP contribution in [0.25, 0.3) is 0 Å². The minimum atomic E-state index is -0.988. The van der Waals surface area contributed by atoms with Crippen LogP contribution >= 0.6 is 0 Å². The van der Waals surface area contributed by atoms with Gasteiger partial charge in [0.25, 0.3) is 0 Å². The van der Waals surface area contributed by atoms with Gasteiger partial charge in [0.1, 0.15) is 11.5 Å². The maximum absolute atomic E-state index is 13.0. The van der Waals surface area contributed by atoms with Gasteiger partial charge in [-0.15, -0.1) is 0 Å². The molecule has 1 saturated carbocycles. The maximum Gasteiger partial charge on any atom is 0.340 e. The molecule has 0 bridgehead atoms. The number of hydrogen-bond acceptors (Lipinski definition) is 4. The molecule has 6 rings (SSSR count). The lowest BCUT2D eigenvalue weighted by Gasteiger charge is -2.38. The van der Waals surface area contributed by atoms with Crippen LogP contribution in [-0.2, 0) is 10.3 Å². The molecule has 0 aromatic heterocycles. The van der Waals surface area contributed by atoms with Crippen LogP contribution in [0.5, 0.6) is 11.5 Å². The summed E-state index contributed by atoms with van der Waals surface area (Å²) in [6.07, 6.45) is 6.29. The number of esters is 1. The molecular weight excluding hydrogens is 398 g/mol. The Kier molecular flexibility index (Phi) is 4.32. The summed E-state index contributed by atoms with van der Waals surface area (Å²) in [7, 11) is 0. The fourth-order valence-electron chi connectivity index (χ4n) is 5.79. The number of rotatable bonds is 2. The van der Waals surface area contributed by atoms with E-state index in [2.05, 4.69) is 43.4 Å². The van der Waals surface area contributed by atoms with Crippen LogP contribution in [-0.4, -0.2) is 12.0 Å². The predicted molar refractivity (Wildman–Crippen MR) is 125 cm³/mol. The van der Waals surface area contributed by atoms with Crippen LogP contribution in [0.3, 0.4) is 0 Å². The molecule has 0 radical (unpaired) electrons. The van der Waals surface area contributed by atoms with Crippen molar-refractivity contribution < 1.29 is 14.3 Å². The summed E-state index contributed by atoms with van der Waals surface area (Å²) in [5.74, 6) is 1.21. The molecule has 3 aliphatic rings. The SMILES string of the molecule is Cc1cc(C)c2c(c1)Oc1cc(NC3CCCCC3)ccc1C21OC(=O)c2ccccc21. The molecule has 4 heteroatoms. The summed E-state index contributed by atoms with van der Waals surface area (Å²) < 4.78 is 12.8. The molecule has 1 N–H and O–H groups in total. The van der Waals surface area contributed by atoms with E-state index < -0.39 is 5.60 Å². The number of anilines is 1. The van der Waals surface area contributed by atoms with Crippen LogP contribution in [0, 0.1) is 13.8 Å². The Labute approximate surface area is 188 Å². The van der Waals surface area contributed by atoms with E-state index in [9.17, 15) is 4.79 Å². The predicted octanol–water partition coefficient (Wildman–Crippen LogP) is 6.62. The third-order valence-electron chi connectivity index (χ3n) is 7.12. The van der Waals surface area contributed by atoms with E-state index >= 15 is 0 Å². The average Bonchev–Trinajstić information content (AvgIpc) is 3.07. The van der Waals surface area contributed by atoms with Gasteiger partial charge in [0, 0.05) is 28.9 Å². The van der Waals surface area contributed by atoms with E-state index in [0.29, 0.717) is 11.6 Å². The number of fused-ring (bicyclic) bond motifs is 6. The zero-order valence-electron chi connectivity index (χ0n) is 18.5. The van der Waals surface area contributed by atoms with Gasteiger partial charge in [-0.3, -0.25) is 0 Å². The number of nitrogens with one attached hydrogen (secondary N) is 1. The van der Waals surface area contributed by atoms with E-state index in [-0.39, 0.29) is 5.97 Å². The lowest BCUT2D eigenvalue weighted by atomic mass is 9.75. The Balaban J connectivity index is 1.54. The Morgan fingerprint density at radius 3 is 2.56 bits per heavy atom. The van der Waals surface area contributed by atoms with Crippen molar-refractivity contribution in [1.82, 2.24) is 0 Å². The molecule has 3 aromatic carbocycles. The first-order valence-electron chi connectivity index (χ1n) is 11.6. The highest BCUT2D eigenvalue weighted by molar-refractivity contribution is 5.97. The Morgan fingerprint density at radius 2 is 1.72 bits per heavy atom. The fourth-order valence-corrected chi connectivity index (χ4v) is 5.79. The average molecular weight is 426 g/mol. The Hall–Kier alpha value is -3.27. The molecule has 0 amide bonds. The van der Waals surface area contributed by atoms with E-state index in [1.165, 1.54) is 32.1 Å². The van der Waals surface area contributed by atoms with Crippen molar-refractivity contribution in [3.8, 4) is 11.5 Å². The topological polar surface area (TPSA) is 47.6 Å². The molecule has 0 saturated heterocycles. The fraction of sp³-hybridized carbons (Fsp3) is 0.321. The van der Waals surface area contributed by atoms with E-state index in [1.54, 1.807) is 0 Å². The third-order valence-corrected chi connectivity index (χ3v) is 7.12. The highest BCUT2D eigenvalue weighted by atomic mass is 16.6. The van der Waals surface area contributed by atoms with Gasteiger partial charge in [0.05, 0.1) is 11.1 Å². The summed E-state index contributed by atoms with van der Waals surface area (Å²) in [6, 6.07) is 18.6. The first-order chi connectivity index (χ1) is 15.6. The van der Waals surface area contributed by atoms with E-state index in [0.717, 1.165) is 45.0 Å².